The van der Waals surface area contributed by atoms with Gasteiger partial charge in [0, 0.05) is 24.2 Å². The Morgan fingerprint density at radius 1 is 1.32 bits per heavy atom. The highest BCUT2D eigenvalue weighted by molar-refractivity contribution is 5.77. The van der Waals surface area contributed by atoms with Crippen molar-refractivity contribution in [2.24, 2.45) is 0 Å². The maximum atomic E-state index is 12.7. The monoisotopic (exact) mass is 270 g/mol. The van der Waals surface area contributed by atoms with E-state index in [1.807, 2.05) is 25.7 Å². The lowest BCUT2D eigenvalue weighted by Crippen LogP contribution is -2.56. The van der Waals surface area contributed by atoms with Crippen LogP contribution in [-0.4, -0.2) is 51.1 Å². The molecule has 1 rings (SSSR count). The molecule has 0 aromatic rings. The standard InChI is InChI=1S/C14H26N2O3/c1-13(2,3)15(10-7-11(17)18)12(19)16-9-6-8-14(16,4)5/h6-10H2,1-5H3,(H,17,18). The zero-order valence-electron chi connectivity index (χ0n) is 12.7. The molecule has 1 N–H and O–H groups in total. The predicted molar refractivity (Wildman–Crippen MR) is 74.1 cm³/mol. The number of nitrogens with zero attached hydrogens (tertiary/aromatic N) is 2. The second kappa shape index (κ2) is 5.39. The van der Waals surface area contributed by atoms with Gasteiger partial charge in [-0.3, -0.25) is 4.79 Å². The second-order valence-electron chi connectivity index (χ2n) is 6.82. The van der Waals surface area contributed by atoms with E-state index in [1.54, 1.807) is 4.90 Å². The zero-order chi connectivity index (χ0) is 14.8. The minimum Gasteiger partial charge on any atom is -0.481 e. The van der Waals surface area contributed by atoms with Gasteiger partial charge in [-0.05, 0) is 47.5 Å². The van der Waals surface area contributed by atoms with E-state index in [9.17, 15) is 9.59 Å². The fraction of sp³-hybridized carbons (Fsp3) is 0.857. The molecule has 1 heterocycles. The molecule has 0 unspecified atom stereocenters. The highest BCUT2D eigenvalue weighted by atomic mass is 16.4. The van der Waals surface area contributed by atoms with Crippen LogP contribution in [0.15, 0.2) is 0 Å². The van der Waals surface area contributed by atoms with Crippen LogP contribution in [0, 0.1) is 0 Å². The van der Waals surface area contributed by atoms with Gasteiger partial charge in [0.1, 0.15) is 0 Å². The van der Waals surface area contributed by atoms with E-state index < -0.39 is 5.97 Å². The fourth-order valence-electron chi connectivity index (χ4n) is 2.53. The number of hydrogen-bond donors (Lipinski definition) is 1. The van der Waals surface area contributed by atoms with Gasteiger partial charge in [0.15, 0.2) is 0 Å². The first-order chi connectivity index (χ1) is 8.55. The van der Waals surface area contributed by atoms with Crippen LogP contribution in [0.2, 0.25) is 0 Å². The highest BCUT2D eigenvalue weighted by Crippen LogP contribution is 2.30. The smallest absolute Gasteiger partial charge is 0.320 e. The lowest BCUT2D eigenvalue weighted by Gasteiger charge is -2.42. The Morgan fingerprint density at radius 3 is 2.26 bits per heavy atom. The van der Waals surface area contributed by atoms with Crippen molar-refractivity contribution in [2.75, 3.05) is 13.1 Å². The van der Waals surface area contributed by atoms with Crippen LogP contribution in [0.25, 0.3) is 0 Å². The number of hydrogen-bond acceptors (Lipinski definition) is 2. The molecule has 5 nitrogen and oxygen atoms in total. The number of likely N-dealkylation sites (tertiary alicyclic amines) is 1. The van der Waals surface area contributed by atoms with Gasteiger partial charge in [0.25, 0.3) is 0 Å². The van der Waals surface area contributed by atoms with E-state index in [1.165, 1.54) is 0 Å². The lowest BCUT2D eigenvalue weighted by atomic mass is 10.0. The molecule has 0 aromatic heterocycles. The zero-order valence-corrected chi connectivity index (χ0v) is 12.7. The maximum Gasteiger partial charge on any atom is 0.320 e. The Morgan fingerprint density at radius 2 is 1.89 bits per heavy atom. The van der Waals surface area contributed by atoms with Crippen LogP contribution < -0.4 is 0 Å². The van der Waals surface area contributed by atoms with E-state index in [0.717, 1.165) is 19.4 Å². The van der Waals surface area contributed by atoms with Crippen molar-refractivity contribution in [1.29, 1.82) is 0 Å². The Hall–Kier alpha value is -1.26. The van der Waals surface area contributed by atoms with Crippen molar-refractivity contribution in [1.82, 2.24) is 9.80 Å². The summed E-state index contributed by atoms with van der Waals surface area (Å²) in [5.74, 6) is -0.872. The topological polar surface area (TPSA) is 60.9 Å². The molecule has 0 saturated carbocycles. The number of carboxylic acid groups (broad SMARTS) is 1. The van der Waals surface area contributed by atoms with Crippen LogP contribution in [0.4, 0.5) is 4.79 Å². The van der Waals surface area contributed by atoms with Crippen molar-refractivity contribution in [2.45, 2.75) is 65.0 Å². The van der Waals surface area contributed by atoms with Gasteiger partial charge in [0.2, 0.25) is 0 Å². The second-order valence-corrected chi connectivity index (χ2v) is 6.82. The molecule has 0 aliphatic carbocycles. The summed E-state index contributed by atoms with van der Waals surface area (Å²) in [6, 6.07) is -0.0451. The number of carboxylic acids is 1. The SMILES string of the molecule is CC(C)(C)N(CCC(=O)O)C(=O)N1CCCC1(C)C. The third-order valence-corrected chi connectivity index (χ3v) is 3.72. The molecule has 0 radical (unpaired) electrons. The molecule has 1 saturated heterocycles. The Balaban J connectivity index is 2.86. The van der Waals surface area contributed by atoms with E-state index >= 15 is 0 Å². The molecular formula is C14H26N2O3. The minimum absolute atomic E-state index is 0.0166. The van der Waals surface area contributed by atoms with Crippen molar-refractivity contribution < 1.29 is 14.7 Å². The molecule has 2 amide bonds. The highest BCUT2D eigenvalue weighted by Gasteiger charge is 2.40. The van der Waals surface area contributed by atoms with Crippen molar-refractivity contribution in [3.63, 3.8) is 0 Å². The van der Waals surface area contributed by atoms with E-state index in [-0.39, 0.29) is 30.1 Å². The first kappa shape index (κ1) is 15.8. The number of amides is 2. The molecule has 1 fully saturated rings. The summed E-state index contributed by atoms with van der Waals surface area (Å²) >= 11 is 0. The number of rotatable bonds is 3. The van der Waals surface area contributed by atoms with Gasteiger partial charge in [-0.15, -0.1) is 0 Å². The van der Waals surface area contributed by atoms with Crippen molar-refractivity contribution in [3.05, 3.63) is 0 Å². The molecule has 19 heavy (non-hydrogen) atoms. The van der Waals surface area contributed by atoms with Crippen LogP contribution in [0.1, 0.15) is 53.9 Å². The number of carbonyl (C=O) groups is 2. The Bertz CT molecular complexity index is 358. The summed E-state index contributed by atoms with van der Waals surface area (Å²) < 4.78 is 0. The van der Waals surface area contributed by atoms with Gasteiger partial charge in [-0.1, -0.05) is 0 Å². The normalized spacial score (nSPS) is 18.5. The van der Waals surface area contributed by atoms with E-state index in [2.05, 4.69) is 13.8 Å². The van der Waals surface area contributed by atoms with Crippen LogP contribution in [-0.2, 0) is 4.79 Å². The van der Waals surface area contributed by atoms with Crippen LogP contribution >= 0.6 is 0 Å². The largest absolute Gasteiger partial charge is 0.481 e. The molecule has 0 bridgehead atoms. The van der Waals surface area contributed by atoms with Crippen LogP contribution in [0.3, 0.4) is 0 Å². The van der Waals surface area contributed by atoms with Crippen LogP contribution in [0.5, 0.6) is 0 Å². The number of urea groups is 1. The molecular weight excluding hydrogens is 244 g/mol. The van der Waals surface area contributed by atoms with Gasteiger partial charge >= 0.3 is 12.0 Å². The lowest BCUT2D eigenvalue weighted by molar-refractivity contribution is -0.137. The average Bonchev–Trinajstić information content (AvgIpc) is 2.55. The summed E-state index contributed by atoms with van der Waals surface area (Å²) in [6.45, 7) is 11.0. The van der Waals surface area contributed by atoms with E-state index in [0.29, 0.717) is 0 Å². The fourth-order valence-corrected chi connectivity index (χ4v) is 2.53. The summed E-state index contributed by atoms with van der Waals surface area (Å²) in [6.07, 6.45) is 1.99. The van der Waals surface area contributed by atoms with E-state index in [4.69, 9.17) is 5.11 Å². The third-order valence-electron chi connectivity index (χ3n) is 3.72. The number of carbonyl (C=O) groups excluding carboxylic acids is 1. The molecule has 0 spiro atoms. The number of aliphatic carboxylic acids is 1. The quantitative estimate of drug-likeness (QED) is 0.857. The summed E-state index contributed by atoms with van der Waals surface area (Å²) in [5, 5.41) is 8.83. The molecule has 110 valence electrons. The maximum absolute atomic E-state index is 12.7. The van der Waals surface area contributed by atoms with Gasteiger partial charge in [0.05, 0.1) is 6.42 Å². The van der Waals surface area contributed by atoms with Gasteiger partial charge < -0.3 is 14.9 Å². The molecule has 1 aliphatic heterocycles. The Labute approximate surface area is 115 Å². The Kier molecular flexibility index (Phi) is 4.48. The average molecular weight is 270 g/mol. The van der Waals surface area contributed by atoms with Crippen molar-refractivity contribution >= 4 is 12.0 Å². The first-order valence-electron chi connectivity index (χ1n) is 6.87. The molecule has 0 atom stereocenters. The van der Waals surface area contributed by atoms with Gasteiger partial charge in [-0.2, -0.15) is 0 Å². The predicted octanol–water partition coefficient (Wildman–Crippen LogP) is 2.56. The third kappa shape index (κ3) is 3.85. The summed E-state index contributed by atoms with van der Waals surface area (Å²) in [7, 11) is 0. The van der Waals surface area contributed by atoms with Gasteiger partial charge in [-0.25, -0.2) is 4.79 Å². The summed E-state index contributed by atoms with van der Waals surface area (Å²) in [4.78, 5) is 27.0. The molecule has 1 aliphatic rings. The van der Waals surface area contributed by atoms with Crippen molar-refractivity contribution in [3.8, 4) is 0 Å². The molecule has 5 heteroatoms. The minimum atomic E-state index is -0.872. The summed E-state index contributed by atoms with van der Waals surface area (Å²) in [5.41, 5.74) is -0.505. The first-order valence-corrected chi connectivity index (χ1v) is 6.87. The molecule has 0 aromatic carbocycles.